The minimum absolute atomic E-state index is 0.0346. The van der Waals surface area contributed by atoms with Gasteiger partial charge in [-0.2, -0.15) is 9.36 Å². The lowest BCUT2D eigenvalue weighted by molar-refractivity contribution is -0.150. The van der Waals surface area contributed by atoms with Gasteiger partial charge in [0.05, 0.1) is 6.54 Å². The highest BCUT2D eigenvalue weighted by molar-refractivity contribution is 8.01. The van der Waals surface area contributed by atoms with Crippen LogP contribution in [0.1, 0.15) is 12.7 Å². The Balaban J connectivity index is 1.49. The van der Waals surface area contributed by atoms with Crippen LogP contribution in [0.15, 0.2) is 34.2 Å². The highest BCUT2D eigenvalue weighted by atomic mass is 32.2. The van der Waals surface area contributed by atoms with E-state index in [2.05, 4.69) is 41.9 Å². The molecule has 1 saturated heterocycles. The second-order valence-electron chi connectivity index (χ2n) is 7.15. The van der Waals surface area contributed by atoms with Crippen molar-refractivity contribution in [3.8, 4) is 0 Å². The minimum Gasteiger partial charge on any atom is -0.477 e. The first kappa shape index (κ1) is 25.6. The normalized spacial score (nSPS) is 19.5. The maximum absolute atomic E-state index is 13.0. The smallest absolute Gasteiger partial charge is 0.352 e. The molecule has 190 valence electrons. The number of nitrogens with two attached hydrogens (primary N) is 1. The summed E-state index contributed by atoms with van der Waals surface area (Å²) in [6.45, 7) is 5.93. The van der Waals surface area contributed by atoms with Gasteiger partial charge < -0.3 is 21.0 Å². The number of hydrogen-bond acceptors (Lipinski definition) is 14. The fraction of sp³-hybridized carbons (Fsp3) is 0.389. The summed E-state index contributed by atoms with van der Waals surface area (Å²) in [5.74, 6) is -1.97. The van der Waals surface area contributed by atoms with Crippen molar-refractivity contribution in [2.24, 2.45) is 5.16 Å². The molecule has 0 saturated carbocycles. The Morgan fingerprint density at radius 3 is 2.94 bits per heavy atom. The molecule has 2 aliphatic rings. The number of carboxylic acid groups (broad SMARTS) is 1. The first-order valence-corrected chi connectivity index (χ1v) is 13.2. The maximum Gasteiger partial charge on any atom is 0.352 e. The van der Waals surface area contributed by atoms with Crippen molar-refractivity contribution in [2.75, 3.05) is 23.8 Å². The number of fused-ring (bicyclic) bond motifs is 1. The van der Waals surface area contributed by atoms with Crippen molar-refractivity contribution in [3.05, 3.63) is 29.7 Å². The largest absolute Gasteiger partial charge is 0.477 e. The molecule has 1 fully saturated rings. The number of nitrogens with zero attached hydrogens (tertiary/aromatic N) is 8. The molecule has 0 spiro atoms. The van der Waals surface area contributed by atoms with Crippen LogP contribution in [-0.4, -0.2) is 92.6 Å². The van der Waals surface area contributed by atoms with Crippen LogP contribution in [-0.2, 0) is 25.8 Å². The predicted molar refractivity (Wildman–Crippen MR) is 131 cm³/mol. The molecule has 0 aromatic carbocycles. The van der Waals surface area contributed by atoms with E-state index < -0.39 is 29.2 Å². The van der Waals surface area contributed by atoms with Crippen LogP contribution in [0.5, 0.6) is 0 Å². The second-order valence-corrected chi connectivity index (χ2v) is 9.98. The molecule has 36 heavy (non-hydrogen) atoms. The summed E-state index contributed by atoms with van der Waals surface area (Å²) in [6, 6.07) is -0.964. The summed E-state index contributed by atoms with van der Waals surface area (Å²) in [7, 11) is 0. The zero-order chi connectivity index (χ0) is 25.8. The molecule has 15 nitrogen and oxygen atoms in total. The lowest BCUT2D eigenvalue weighted by Crippen LogP contribution is -2.71. The Labute approximate surface area is 216 Å². The van der Waals surface area contributed by atoms with Crippen LogP contribution in [0, 0.1) is 0 Å². The predicted octanol–water partition coefficient (Wildman–Crippen LogP) is -0.436. The molecular formula is C18H20N10O5S3. The van der Waals surface area contributed by atoms with Gasteiger partial charge in [-0.3, -0.25) is 14.5 Å². The van der Waals surface area contributed by atoms with Gasteiger partial charge in [0, 0.05) is 23.0 Å². The van der Waals surface area contributed by atoms with Crippen molar-refractivity contribution < 1.29 is 24.3 Å². The quantitative estimate of drug-likeness (QED) is 0.106. The Morgan fingerprint density at radius 1 is 1.47 bits per heavy atom. The Morgan fingerprint density at radius 2 is 2.28 bits per heavy atom. The number of oxime groups is 1. The molecule has 2 amide bonds. The van der Waals surface area contributed by atoms with E-state index >= 15 is 0 Å². The molecule has 2 aromatic rings. The van der Waals surface area contributed by atoms with E-state index in [1.54, 1.807) is 13.0 Å². The molecule has 0 radical (unpaired) electrons. The first-order chi connectivity index (χ1) is 17.3. The van der Waals surface area contributed by atoms with Crippen molar-refractivity contribution in [1.29, 1.82) is 0 Å². The third-order valence-corrected chi connectivity index (χ3v) is 7.79. The number of aliphatic carboxylic acids is 1. The van der Waals surface area contributed by atoms with Gasteiger partial charge in [-0.05, 0) is 22.9 Å². The van der Waals surface area contributed by atoms with Crippen LogP contribution >= 0.6 is 35.1 Å². The summed E-state index contributed by atoms with van der Waals surface area (Å²) in [6.07, 6.45) is 1.64. The van der Waals surface area contributed by atoms with Crippen LogP contribution in [0.25, 0.3) is 0 Å². The number of carbonyl (C=O) groups is 3. The number of allylic oxidation sites excluding steroid dienone is 1. The van der Waals surface area contributed by atoms with E-state index in [1.165, 1.54) is 33.1 Å². The SMILES string of the molecule is C=CCn1nnnc1SCC1=C(C(=O)O)N2C(=O)C(NC(=O)C(=NOCC)c3nsc(N)n3)[C@@H]2SC1. The summed E-state index contributed by atoms with van der Waals surface area (Å²) in [4.78, 5) is 48.1. The zero-order valence-electron chi connectivity index (χ0n) is 18.7. The van der Waals surface area contributed by atoms with Gasteiger partial charge in [-0.15, -0.1) is 23.4 Å². The van der Waals surface area contributed by atoms with Gasteiger partial charge in [0.15, 0.2) is 5.13 Å². The summed E-state index contributed by atoms with van der Waals surface area (Å²) in [5, 5.41) is 27.7. The number of nitrogen functional groups attached to an aromatic ring is 1. The van der Waals surface area contributed by atoms with Crippen LogP contribution in [0.4, 0.5) is 5.13 Å². The number of amides is 2. The van der Waals surface area contributed by atoms with Gasteiger partial charge in [0.2, 0.25) is 16.7 Å². The summed E-state index contributed by atoms with van der Waals surface area (Å²) >= 11 is 3.48. The number of thioether (sulfide) groups is 2. The van der Waals surface area contributed by atoms with Crippen LogP contribution < -0.4 is 11.1 Å². The van der Waals surface area contributed by atoms with Gasteiger partial charge in [-0.1, -0.05) is 23.0 Å². The van der Waals surface area contributed by atoms with E-state index in [0.717, 1.165) is 11.5 Å². The average molecular weight is 553 g/mol. The number of aromatic nitrogens is 6. The molecular weight excluding hydrogens is 532 g/mol. The van der Waals surface area contributed by atoms with E-state index in [0.29, 0.717) is 23.0 Å². The Bertz CT molecular complexity index is 1260. The van der Waals surface area contributed by atoms with Gasteiger partial charge in [0.25, 0.3) is 11.8 Å². The van der Waals surface area contributed by atoms with E-state index in [9.17, 15) is 19.5 Å². The van der Waals surface area contributed by atoms with Crippen LogP contribution in [0.2, 0.25) is 0 Å². The molecule has 1 unspecified atom stereocenters. The highest BCUT2D eigenvalue weighted by Crippen LogP contribution is 2.41. The molecule has 2 aromatic heterocycles. The first-order valence-electron chi connectivity index (χ1n) is 10.4. The fourth-order valence-electron chi connectivity index (χ4n) is 3.34. The number of tetrazole rings is 1. The Hall–Kier alpha value is -3.51. The molecule has 0 aliphatic carbocycles. The lowest BCUT2D eigenvalue weighted by atomic mass is 10.0. The minimum atomic E-state index is -1.24. The van der Waals surface area contributed by atoms with E-state index in [1.807, 2.05) is 0 Å². The molecule has 18 heteroatoms. The number of carboxylic acids is 1. The van der Waals surface area contributed by atoms with Crippen molar-refractivity contribution in [2.45, 2.75) is 30.0 Å². The Kier molecular flexibility index (Phi) is 7.85. The number of rotatable bonds is 11. The number of hydrogen-bond donors (Lipinski definition) is 3. The molecule has 0 bridgehead atoms. The van der Waals surface area contributed by atoms with E-state index in [-0.39, 0.29) is 34.7 Å². The van der Waals surface area contributed by atoms with Gasteiger partial charge in [-0.25, -0.2) is 9.48 Å². The standard InChI is InChI=1S/C18H20N10O5S3/c1-3-5-27-18(22-25-26-27)35-7-8-6-34-15-10(14(30)28(15)11(8)16(31)32)20-13(29)9(23-33-4-2)12-21-17(19)36-24-12/h3,10,15H,1,4-7H2,2H3,(H,20,29)(H,31,32)(H2,19,21,24)/t10?,15-/m0/s1. The van der Waals surface area contributed by atoms with Crippen LogP contribution in [0.3, 0.4) is 0 Å². The highest BCUT2D eigenvalue weighted by Gasteiger charge is 2.54. The number of anilines is 1. The third kappa shape index (κ3) is 5.05. The number of nitrogens with one attached hydrogen (secondary N) is 1. The van der Waals surface area contributed by atoms with E-state index in [4.69, 9.17) is 10.6 Å². The van der Waals surface area contributed by atoms with Crippen molar-refractivity contribution in [1.82, 2.24) is 39.8 Å². The second kappa shape index (κ2) is 11.0. The van der Waals surface area contributed by atoms with Gasteiger partial charge in [0.1, 0.15) is 23.7 Å². The van der Waals surface area contributed by atoms with Crippen molar-refractivity contribution >= 4 is 63.7 Å². The molecule has 4 rings (SSSR count). The molecule has 4 N–H and O–H groups in total. The number of β-lactam (4-membered cyclic amide) rings is 1. The van der Waals surface area contributed by atoms with Gasteiger partial charge >= 0.3 is 5.97 Å². The maximum atomic E-state index is 13.0. The van der Waals surface area contributed by atoms with Crippen molar-refractivity contribution in [3.63, 3.8) is 0 Å². The summed E-state index contributed by atoms with van der Waals surface area (Å²) < 4.78 is 5.50. The molecule has 2 atom stereocenters. The monoisotopic (exact) mass is 552 g/mol. The molecule has 2 aliphatic heterocycles. The average Bonchev–Trinajstić information content (AvgIpc) is 3.49. The summed E-state index contributed by atoms with van der Waals surface area (Å²) in [5.41, 5.74) is 5.80. The molecule has 4 heterocycles. The lowest BCUT2D eigenvalue weighted by Gasteiger charge is -2.49. The third-order valence-electron chi connectivity index (χ3n) is 4.87. The number of carbonyl (C=O) groups excluding carboxylic acids is 2. The fourth-order valence-corrected chi connectivity index (χ4v) is 6.14. The topological polar surface area (TPSA) is 204 Å². The zero-order valence-corrected chi connectivity index (χ0v) is 21.2.